The van der Waals surface area contributed by atoms with Crippen molar-refractivity contribution in [1.29, 1.82) is 0 Å². The number of amides is 1. The highest BCUT2D eigenvalue weighted by Crippen LogP contribution is 2.57. The number of benzene rings is 2. The van der Waals surface area contributed by atoms with Crippen LogP contribution in [0.2, 0.25) is 0 Å². The number of rotatable bonds is 5. The lowest BCUT2D eigenvalue weighted by atomic mass is 9.86. The molecule has 2 aliphatic heterocycles. The molecule has 0 bridgehead atoms. The molecule has 8 heteroatoms. The lowest BCUT2D eigenvalue weighted by Gasteiger charge is -2.45. The van der Waals surface area contributed by atoms with Crippen LogP contribution in [0.25, 0.3) is 0 Å². The number of fused-ring (bicyclic) bond motifs is 2. The Balaban J connectivity index is 1.92. The van der Waals surface area contributed by atoms with Crippen LogP contribution in [0.1, 0.15) is 37.8 Å². The highest BCUT2D eigenvalue weighted by molar-refractivity contribution is 8.15. The minimum atomic E-state index is -0.942. The predicted octanol–water partition coefficient (Wildman–Crippen LogP) is 4.90. The van der Waals surface area contributed by atoms with E-state index in [0.717, 1.165) is 36.6 Å². The fourth-order valence-corrected chi connectivity index (χ4v) is 5.63. The summed E-state index contributed by atoms with van der Waals surface area (Å²) >= 11 is 1.28. The minimum Gasteiger partial charge on any atom is -0.493 e. The van der Waals surface area contributed by atoms with Crippen molar-refractivity contribution in [2.75, 3.05) is 13.7 Å². The zero-order valence-electron chi connectivity index (χ0n) is 17.6. The number of carbonyl (C=O) groups excluding carboxylic acids is 1. The summed E-state index contributed by atoms with van der Waals surface area (Å²) in [6.07, 6.45) is 0.875. The second-order valence-electron chi connectivity index (χ2n) is 7.65. The van der Waals surface area contributed by atoms with E-state index in [1.54, 1.807) is 6.92 Å². The Hall–Kier alpha value is -2.45. The summed E-state index contributed by atoms with van der Waals surface area (Å²) in [6.45, 7) is 4.10. The molecule has 0 saturated heterocycles. The fourth-order valence-electron chi connectivity index (χ4n) is 4.10. The van der Waals surface area contributed by atoms with E-state index in [1.807, 2.05) is 24.3 Å². The standard InChI is InChI=1S/C23H24F2N2O3S/c1-4-7-15-13-30-20-9-6-5-8-18(20)23(15)27(22(28)14(2)29-3)26-21(31-23)17-12-16(24)10-11-19(17)25/h5-6,8-12,14-15H,4,7,13H2,1-3H3/t14-,15-,23+/m0/s1. The van der Waals surface area contributed by atoms with Crippen LogP contribution in [-0.2, 0) is 14.4 Å². The lowest BCUT2D eigenvalue weighted by molar-refractivity contribution is -0.147. The Bertz CT molecular complexity index is 1030. The number of methoxy groups -OCH3 is 1. The molecular formula is C23H24F2N2O3S. The van der Waals surface area contributed by atoms with Crippen LogP contribution in [0, 0.1) is 17.6 Å². The van der Waals surface area contributed by atoms with Crippen molar-refractivity contribution in [2.24, 2.45) is 11.0 Å². The summed E-state index contributed by atoms with van der Waals surface area (Å²) in [5, 5.41) is 6.22. The van der Waals surface area contributed by atoms with Gasteiger partial charge in [-0.25, -0.2) is 13.8 Å². The second kappa shape index (κ2) is 8.59. The average Bonchev–Trinajstić information content (AvgIpc) is 3.17. The number of carbonyl (C=O) groups is 1. The maximum atomic E-state index is 14.7. The fraction of sp³-hybridized carbons (Fsp3) is 0.391. The second-order valence-corrected chi connectivity index (χ2v) is 8.86. The largest absolute Gasteiger partial charge is 0.493 e. The van der Waals surface area contributed by atoms with Gasteiger partial charge in [0.1, 0.15) is 28.5 Å². The van der Waals surface area contributed by atoms with Crippen molar-refractivity contribution in [3.05, 3.63) is 65.2 Å². The molecule has 2 aromatic carbocycles. The number of para-hydroxylation sites is 1. The third-order valence-corrected chi connectivity index (χ3v) is 7.26. The monoisotopic (exact) mass is 446 g/mol. The first-order valence-electron chi connectivity index (χ1n) is 10.2. The van der Waals surface area contributed by atoms with Crippen LogP contribution >= 0.6 is 11.8 Å². The van der Waals surface area contributed by atoms with Gasteiger partial charge in [0.2, 0.25) is 0 Å². The minimum absolute atomic E-state index is 0.0315. The summed E-state index contributed by atoms with van der Waals surface area (Å²) in [4.78, 5) is 12.5. The van der Waals surface area contributed by atoms with Crippen LogP contribution in [0.5, 0.6) is 5.75 Å². The quantitative estimate of drug-likeness (QED) is 0.656. The summed E-state index contributed by atoms with van der Waals surface area (Å²) in [5.41, 5.74) is 0.820. The van der Waals surface area contributed by atoms with Crippen LogP contribution in [0.4, 0.5) is 8.78 Å². The molecule has 0 unspecified atom stereocenters. The number of halogens is 2. The molecule has 0 aromatic heterocycles. The Morgan fingerprint density at radius 1 is 1.35 bits per heavy atom. The van der Waals surface area contributed by atoms with E-state index < -0.39 is 22.6 Å². The SMILES string of the molecule is CCC[C@H]1COc2ccccc2[C@]12SC(c1cc(F)ccc1F)=NN2C(=O)[C@H](C)OC. The first-order chi connectivity index (χ1) is 14.9. The molecule has 0 saturated carbocycles. The van der Waals surface area contributed by atoms with Crippen LogP contribution in [-0.4, -0.2) is 35.8 Å². The number of ether oxygens (including phenoxy) is 2. The van der Waals surface area contributed by atoms with E-state index >= 15 is 0 Å². The van der Waals surface area contributed by atoms with E-state index in [4.69, 9.17) is 9.47 Å². The molecule has 0 fully saturated rings. The van der Waals surface area contributed by atoms with Gasteiger partial charge >= 0.3 is 0 Å². The third-order valence-electron chi connectivity index (χ3n) is 5.73. The summed E-state index contributed by atoms with van der Waals surface area (Å²) in [7, 11) is 1.46. The van der Waals surface area contributed by atoms with E-state index in [-0.39, 0.29) is 22.4 Å². The summed E-state index contributed by atoms with van der Waals surface area (Å²) in [6, 6.07) is 10.7. The molecular weight excluding hydrogens is 422 g/mol. The predicted molar refractivity (Wildman–Crippen MR) is 116 cm³/mol. The molecule has 5 nitrogen and oxygen atoms in total. The maximum Gasteiger partial charge on any atom is 0.273 e. The maximum absolute atomic E-state index is 14.7. The van der Waals surface area contributed by atoms with E-state index in [2.05, 4.69) is 12.0 Å². The van der Waals surface area contributed by atoms with E-state index in [0.29, 0.717) is 12.4 Å². The van der Waals surface area contributed by atoms with Gasteiger partial charge in [-0.2, -0.15) is 5.10 Å². The molecule has 2 heterocycles. The van der Waals surface area contributed by atoms with Gasteiger partial charge in [-0.1, -0.05) is 43.3 Å². The van der Waals surface area contributed by atoms with Gasteiger partial charge in [-0.15, -0.1) is 0 Å². The Morgan fingerprint density at radius 2 is 2.13 bits per heavy atom. The van der Waals surface area contributed by atoms with Crippen molar-refractivity contribution in [2.45, 2.75) is 37.7 Å². The van der Waals surface area contributed by atoms with Crippen LogP contribution in [0.15, 0.2) is 47.6 Å². The molecule has 4 rings (SSSR count). The van der Waals surface area contributed by atoms with Crippen molar-refractivity contribution in [3.8, 4) is 5.75 Å². The van der Waals surface area contributed by atoms with Gasteiger partial charge in [0.15, 0.2) is 4.87 Å². The molecule has 0 N–H and O–H groups in total. The Kier molecular flexibility index (Phi) is 6.03. The molecule has 0 radical (unpaired) electrons. The smallest absolute Gasteiger partial charge is 0.273 e. The molecule has 1 spiro atoms. The summed E-state index contributed by atoms with van der Waals surface area (Å²) in [5.74, 6) is -0.963. The topological polar surface area (TPSA) is 51.1 Å². The first-order valence-corrected chi connectivity index (χ1v) is 11.1. The number of thioether (sulfide) groups is 1. The molecule has 2 aliphatic rings. The van der Waals surface area contributed by atoms with Gasteiger partial charge < -0.3 is 9.47 Å². The van der Waals surface area contributed by atoms with Crippen LogP contribution < -0.4 is 4.74 Å². The van der Waals surface area contributed by atoms with E-state index in [1.165, 1.54) is 23.9 Å². The number of nitrogens with zero attached hydrogens (tertiary/aromatic N) is 2. The Morgan fingerprint density at radius 3 is 2.87 bits per heavy atom. The van der Waals surface area contributed by atoms with Crippen molar-refractivity contribution in [1.82, 2.24) is 5.01 Å². The zero-order chi connectivity index (χ0) is 22.2. The number of hydrazone groups is 1. The van der Waals surface area contributed by atoms with Crippen molar-refractivity contribution < 1.29 is 23.0 Å². The van der Waals surface area contributed by atoms with Gasteiger partial charge in [-0.3, -0.25) is 4.79 Å². The van der Waals surface area contributed by atoms with Crippen molar-refractivity contribution in [3.63, 3.8) is 0 Å². The number of hydrogen-bond acceptors (Lipinski definition) is 5. The molecule has 0 aliphatic carbocycles. The highest BCUT2D eigenvalue weighted by atomic mass is 32.2. The molecule has 31 heavy (non-hydrogen) atoms. The summed E-state index contributed by atoms with van der Waals surface area (Å²) < 4.78 is 39.9. The molecule has 2 aromatic rings. The van der Waals surface area contributed by atoms with Crippen LogP contribution in [0.3, 0.4) is 0 Å². The van der Waals surface area contributed by atoms with Gasteiger partial charge in [0, 0.05) is 24.2 Å². The van der Waals surface area contributed by atoms with Crippen molar-refractivity contribution >= 4 is 22.7 Å². The number of hydrogen-bond donors (Lipinski definition) is 0. The normalized spacial score (nSPS) is 23.3. The third kappa shape index (κ3) is 3.61. The Labute approximate surface area is 184 Å². The first kappa shape index (κ1) is 21.8. The molecule has 164 valence electrons. The van der Waals surface area contributed by atoms with E-state index in [9.17, 15) is 13.6 Å². The highest BCUT2D eigenvalue weighted by Gasteiger charge is 2.57. The van der Waals surface area contributed by atoms with Gasteiger partial charge in [-0.05, 0) is 37.6 Å². The average molecular weight is 447 g/mol. The zero-order valence-corrected chi connectivity index (χ0v) is 18.4. The van der Waals surface area contributed by atoms with Gasteiger partial charge in [0.05, 0.1) is 6.61 Å². The molecule has 1 amide bonds. The van der Waals surface area contributed by atoms with Gasteiger partial charge in [0.25, 0.3) is 5.91 Å². The lowest BCUT2D eigenvalue weighted by Crippen LogP contribution is -2.53. The molecule has 3 atom stereocenters.